The quantitative estimate of drug-likeness (QED) is 0.193. The number of carbonyl (C=O) groups excluding carboxylic acids is 2. The smallest absolute Gasteiger partial charge is 0.295 e. The van der Waals surface area contributed by atoms with Crippen molar-refractivity contribution in [2.45, 2.75) is 12.6 Å². The molecular weight excluding hydrogens is 456 g/mol. The number of aliphatic hydroxyl groups excluding tert-OH is 1. The second-order valence-corrected chi connectivity index (χ2v) is 8.08. The Morgan fingerprint density at radius 1 is 0.944 bits per heavy atom. The van der Waals surface area contributed by atoms with Gasteiger partial charge in [0.05, 0.1) is 11.6 Å². The first kappa shape index (κ1) is 24.5. The molecule has 0 aliphatic carbocycles. The van der Waals surface area contributed by atoms with Crippen LogP contribution in [-0.4, -0.2) is 39.9 Å². The van der Waals surface area contributed by atoms with E-state index < -0.39 is 17.7 Å². The van der Waals surface area contributed by atoms with Gasteiger partial charge in [0.25, 0.3) is 11.7 Å². The van der Waals surface area contributed by atoms with Crippen LogP contribution >= 0.6 is 0 Å². The minimum absolute atomic E-state index is 0.0170. The molecular formula is C29H26N2O5. The zero-order chi connectivity index (χ0) is 25.5. The highest BCUT2D eigenvalue weighted by Crippen LogP contribution is 2.40. The minimum Gasteiger partial charge on any atom is -0.507 e. The lowest BCUT2D eigenvalue weighted by Gasteiger charge is -2.25. The zero-order valence-electron chi connectivity index (χ0n) is 19.7. The van der Waals surface area contributed by atoms with E-state index in [1.165, 1.54) is 4.90 Å². The summed E-state index contributed by atoms with van der Waals surface area (Å²) < 4.78 is 11.1. The standard InChI is InChI=1S/C29H26N2O5/c1-3-16-35-23-11-7-21(8-12-23)26-25(27(32)22-9-13-24(14-10-22)36-17-4-2)28(33)29(34)31(26)19-20-6-5-15-30-18-20/h3-15,18,26,32H,1-2,16-17,19H2/t26-/m1/s1. The molecule has 0 bridgehead atoms. The number of ketones is 1. The van der Waals surface area contributed by atoms with E-state index in [1.54, 1.807) is 79.1 Å². The molecule has 36 heavy (non-hydrogen) atoms. The SMILES string of the molecule is C=CCOc1ccc(C(O)=C2C(=O)C(=O)N(Cc3cccnc3)[C@@H]2c2ccc(OCC=C)cc2)cc1. The molecule has 1 aromatic heterocycles. The van der Waals surface area contributed by atoms with Crippen molar-refractivity contribution in [3.05, 3.63) is 121 Å². The van der Waals surface area contributed by atoms with Gasteiger partial charge in [-0.05, 0) is 53.6 Å². The lowest BCUT2D eigenvalue weighted by atomic mass is 9.95. The molecule has 4 rings (SSSR count). The third-order valence-electron chi connectivity index (χ3n) is 5.67. The van der Waals surface area contributed by atoms with Crippen molar-refractivity contribution in [3.63, 3.8) is 0 Å². The van der Waals surface area contributed by atoms with Crippen molar-refractivity contribution in [2.75, 3.05) is 13.2 Å². The number of aromatic nitrogens is 1. The van der Waals surface area contributed by atoms with Gasteiger partial charge in [-0.3, -0.25) is 14.6 Å². The largest absolute Gasteiger partial charge is 0.507 e. The van der Waals surface area contributed by atoms with Crippen LogP contribution in [0, 0.1) is 0 Å². The highest BCUT2D eigenvalue weighted by Gasteiger charge is 2.46. The molecule has 1 aliphatic heterocycles. The van der Waals surface area contributed by atoms with Crippen LogP contribution < -0.4 is 9.47 Å². The molecule has 182 valence electrons. The number of Topliss-reactive ketones (excluding diaryl/α,β-unsaturated/α-hetero) is 1. The Bertz CT molecular complexity index is 1280. The predicted molar refractivity (Wildman–Crippen MR) is 136 cm³/mol. The minimum atomic E-state index is -0.796. The summed E-state index contributed by atoms with van der Waals surface area (Å²) in [7, 11) is 0. The zero-order valence-corrected chi connectivity index (χ0v) is 19.7. The number of amides is 1. The van der Waals surface area contributed by atoms with Gasteiger partial charge in [0.15, 0.2) is 0 Å². The van der Waals surface area contributed by atoms with Gasteiger partial charge in [-0.15, -0.1) is 0 Å². The fourth-order valence-electron chi connectivity index (χ4n) is 4.00. The summed E-state index contributed by atoms with van der Waals surface area (Å²) in [5.41, 5.74) is 1.84. The number of benzene rings is 2. The lowest BCUT2D eigenvalue weighted by molar-refractivity contribution is -0.140. The molecule has 0 unspecified atom stereocenters. The summed E-state index contributed by atoms with van der Waals surface area (Å²) in [6.07, 6.45) is 6.56. The highest BCUT2D eigenvalue weighted by atomic mass is 16.5. The number of likely N-dealkylation sites (tertiary alicyclic amines) is 1. The molecule has 7 nitrogen and oxygen atoms in total. The first-order valence-corrected chi connectivity index (χ1v) is 11.4. The molecule has 3 aromatic rings. The number of rotatable bonds is 10. The van der Waals surface area contributed by atoms with E-state index in [0.717, 1.165) is 5.56 Å². The van der Waals surface area contributed by atoms with E-state index in [1.807, 2.05) is 6.07 Å². The Hall–Kier alpha value is -4.65. The number of pyridine rings is 1. The predicted octanol–water partition coefficient (Wildman–Crippen LogP) is 4.83. The Morgan fingerprint density at radius 3 is 2.11 bits per heavy atom. The third kappa shape index (κ3) is 5.20. The lowest BCUT2D eigenvalue weighted by Crippen LogP contribution is -2.29. The summed E-state index contributed by atoms with van der Waals surface area (Å²) in [4.78, 5) is 32.0. The Kier molecular flexibility index (Phi) is 7.60. The average Bonchev–Trinajstić information content (AvgIpc) is 3.16. The van der Waals surface area contributed by atoms with Crippen molar-refractivity contribution in [3.8, 4) is 11.5 Å². The van der Waals surface area contributed by atoms with Gasteiger partial charge in [0, 0.05) is 24.5 Å². The van der Waals surface area contributed by atoms with Crippen molar-refractivity contribution >= 4 is 17.4 Å². The van der Waals surface area contributed by atoms with E-state index in [0.29, 0.717) is 35.8 Å². The van der Waals surface area contributed by atoms with Gasteiger partial charge in [0.2, 0.25) is 0 Å². The maximum atomic E-state index is 13.2. The van der Waals surface area contributed by atoms with Crippen molar-refractivity contribution in [1.29, 1.82) is 0 Å². The normalized spacial score (nSPS) is 16.6. The van der Waals surface area contributed by atoms with E-state index in [9.17, 15) is 14.7 Å². The Balaban J connectivity index is 1.76. The van der Waals surface area contributed by atoms with Crippen LogP contribution in [0.2, 0.25) is 0 Å². The number of aliphatic hydroxyl groups is 1. The summed E-state index contributed by atoms with van der Waals surface area (Å²) in [5.74, 6) is -0.480. The topological polar surface area (TPSA) is 89.0 Å². The monoisotopic (exact) mass is 482 g/mol. The van der Waals surface area contributed by atoms with Crippen LogP contribution in [0.25, 0.3) is 5.76 Å². The van der Waals surface area contributed by atoms with Gasteiger partial charge in [-0.25, -0.2) is 0 Å². The summed E-state index contributed by atoms with van der Waals surface area (Å²) in [6, 6.07) is 16.5. The highest BCUT2D eigenvalue weighted by molar-refractivity contribution is 6.46. The Morgan fingerprint density at radius 2 is 1.56 bits per heavy atom. The summed E-state index contributed by atoms with van der Waals surface area (Å²) in [6.45, 7) is 8.12. The van der Waals surface area contributed by atoms with Gasteiger partial charge >= 0.3 is 0 Å². The van der Waals surface area contributed by atoms with E-state index in [2.05, 4.69) is 18.1 Å². The fourth-order valence-corrected chi connectivity index (χ4v) is 4.00. The van der Waals surface area contributed by atoms with Gasteiger partial charge < -0.3 is 19.5 Å². The molecule has 2 heterocycles. The van der Waals surface area contributed by atoms with E-state index >= 15 is 0 Å². The van der Waals surface area contributed by atoms with Crippen LogP contribution in [0.15, 0.2) is 104 Å². The number of carbonyl (C=O) groups is 2. The van der Waals surface area contributed by atoms with E-state index in [-0.39, 0.29) is 17.9 Å². The molecule has 1 atom stereocenters. The van der Waals surface area contributed by atoms with Crippen LogP contribution in [0.5, 0.6) is 11.5 Å². The van der Waals surface area contributed by atoms with E-state index in [4.69, 9.17) is 9.47 Å². The van der Waals surface area contributed by atoms with Gasteiger partial charge in [0.1, 0.15) is 30.5 Å². The first-order chi connectivity index (χ1) is 17.5. The van der Waals surface area contributed by atoms with Crippen molar-refractivity contribution < 1.29 is 24.2 Å². The molecule has 2 aromatic carbocycles. The molecule has 0 spiro atoms. The second kappa shape index (κ2) is 11.2. The van der Waals surface area contributed by atoms with Crippen molar-refractivity contribution in [2.24, 2.45) is 0 Å². The van der Waals surface area contributed by atoms with Crippen LogP contribution in [0.4, 0.5) is 0 Å². The molecule has 1 N–H and O–H groups in total. The molecule has 7 heteroatoms. The number of ether oxygens (including phenoxy) is 2. The summed E-state index contributed by atoms with van der Waals surface area (Å²) >= 11 is 0. The number of hydrogen-bond acceptors (Lipinski definition) is 6. The number of hydrogen-bond donors (Lipinski definition) is 1. The molecule has 1 amide bonds. The average molecular weight is 483 g/mol. The fraction of sp³-hybridized carbons (Fsp3) is 0.138. The van der Waals surface area contributed by atoms with Crippen molar-refractivity contribution in [1.82, 2.24) is 9.88 Å². The maximum absolute atomic E-state index is 13.2. The first-order valence-electron chi connectivity index (χ1n) is 11.4. The summed E-state index contributed by atoms with van der Waals surface area (Å²) in [5, 5.41) is 11.2. The maximum Gasteiger partial charge on any atom is 0.295 e. The van der Waals surface area contributed by atoms with Gasteiger partial charge in [-0.1, -0.05) is 43.5 Å². The molecule has 0 radical (unpaired) electrons. The molecule has 1 fully saturated rings. The van der Waals surface area contributed by atoms with Gasteiger partial charge in [-0.2, -0.15) is 0 Å². The number of nitrogens with zero attached hydrogens (tertiary/aromatic N) is 2. The van der Waals surface area contributed by atoms with Crippen LogP contribution in [0.3, 0.4) is 0 Å². The molecule has 1 saturated heterocycles. The van der Waals surface area contributed by atoms with Crippen LogP contribution in [-0.2, 0) is 16.1 Å². The molecule has 1 aliphatic rings. The van der Waals surface area contributed by atoms with Crippen LogP contribution in [0.1, 0.15) is 22.7 Å². The molecule has 0 saturated carbocycles. The third-order valence-corrected chi connectivity index (χ3v) is 5.67. The Labute approximate surface area is 209 Å². The second-order valence-electron chi connectivity index (χ2n) is 8.08.